The first-order valence-corrected chi connectivity index (χ1v) is 12.7. The maximum absolute atomic E-state index is 12.7. The van der Waals surface area contributed by atoms with E-state index in [0.717, 1.165) is 30.9 Å². The summed E-state index contributed by atoms with van der Waals surface area (Å²) in [6.07, 6.45) is 1.08. The third-order valence-electron chi connectivity index (χ3n) is 6.61. The summed E-state index contributed by atoms with van der Waals surface area (Å²) in [5.74, 6) is 1.01. The van der Waals surface area contributed by atoms with E-state index in [1.807, 2.05) is 53.4 Å². The highest BCUT2D eigenvalue weighted by Crippen LogP contribution is 2.22. The summed E-state index contributed by atoms with van der Waals surface area (Å²) in [4.78, 5) is 29.2. The molecule has 0 aliphatic carbocycles. The van der Waals surface area contributed by atoms with Crippen LogP contribution in [-0.2, 0) is 4.79 Å². The van der Waals surface area contributed by atoms with Crippen molar-refractivity contribution in [2.45, 2.75) is 26.2 Å². The number of ether oxygens (including phenoxy) is 1. The van der Waals surface area contributed by atoms with Crippen molar-refractivity contribution in [1.29, 1.82) is 0 Å². The lowest BCUT2D eigenvalue weighted by Gasteiger charge is -2.36. The van der Waals surface area contributed by atoms with Crippen molar-refractivity contribution < 1.29 is 14.3 Å². The minimum Gasteiger partial charge on any atom is -0.484 e. The van der Waals surface area contributed by atoms with Gasteiger partial charge in [-0.1, -0.05) is 37.6 Å². The molecule has 0 radical (unpaired) electrons. The molecular formula is C29H32ClN3O3. The number of carbonyl (C=O) groups is 2. The minimum absolute atomic E-state index is 0.0260. The van der Waals surface area contributed by atoms with Gasteiger partial charge in [0.05, 0.1) is 0 Å². The fraction of sp³-hybridized carbons (Fsp3) is 0.310. The Balaban J connectivity index is 1.23. The molecule has 0 saturated carbocycles. The van der Waals surface area contributed by atoms with E-state index in [0.29, 0.717) is 35.3 Å². The van der Waals surface area contributed by atoms with E-state index in [2.05, 4.69) is 24.1 Å². The maximum Gasteiger partial charge on any atom is 0.262 e. The monoisotopic (exact) mass is 505 g/mol. The Morgan fingerprint density at radius 2 is 1.56 bits per heavy atom. The van der Waals surface area contributed by atoms with Crippen LogP contribution in [0.15, 0.2) is 72.8 Å². The molecule has 7 heteroatoms. The summed E-state index contributed by atoms with van der Waals surface area (Å²) in [6, 6.07) is 22.7. The SMILES string of the molecule is CC[C@H](C)c1ccc(OCC(=O)Nc2ccc(N3CCN(C(=O)c4ccc(Cl)cc4)CC3)cc2)cc1. The van der Waals surface area contributed by atoms with Crippen LogP contribution in [-0.4, -0.2) is 49.5 Å². The molecule has 0 bridgehead atoms. The molecule has 188 valence electrons. The molecule has 1 N–H and O–H groups in total. The van der Waals surface area contributed by atoms with Gasteiger partial charge < -0.3 is 19.9 Å². The summed E-state index contributed by atoms with van der Waals surface area (Å²) in [5, 5.41) is 3.50. The van der Waals surface area contributed by atoms with Gasteiger partial charge in [0.2, 0.25) is 0 Å². The lowest BCUT2D eigenvalue weighted by Crippen LogP contribution is -2.48. The molecule has 1 aliphatic heterocycles. The average molecular weight is 506 g/mol. The molecule has 4 rings (SSSR count). The van der Waals surface area contributed by atoms with E-state index in [-0.39, 0.29) is 18.4 Å². The van der Waals surface area contributed by atoms with E-state index in [9.17, 15) is 9.59 Å². The molecule has 3 aromatic rings. The Labute approximate surface area is 217 Å². The van der Waals surface area contributed by atoms with Crippen LogP contribution in [0.1, 0.15) is 42.1 Å². The molecule has 6 nitrogen and oxygen atoms in total. The minimum atomic E-state index is -0.205. The Morgan fingerprint density at radius 3 is 2.17 bits per heavy atom. The van der Waals surface area contributed by atoms with E-state index < -0.39 is 0 Å². The third-order valence-corrected chi connectivity index (χ3v) is 6.86. The molecule has 1 saturated heterocycles. The second-order valence-corrected chi connectivity index (χ2v) is 9.48. The highest BCUT2D eigenvalue weighted by atomic mass is 35.5. The largest absolute Gasteiger partial charge is 0.484 e. The number of carbonyl (C=O) groups excluding carboxylic acids is 2. The van der Waals surface area contributed by atoms with Gasteiger partial charge in [0.1, 0.15) is 5.75 Å². The zero-order chi connectivity index (χ0) is 25.5. The quantitative estimate of drug-likeness (QED) is 0.418. The van der Waals surface area contributed by atoms with Crippen molar-refractivity contribution >= 4 is 34.8 Å². The van der Waals surface area contributed by atoms with Gasteiger partial charge in [0, 0.05) is 48.1 Å². The second kappa shape index (κ2) is 12.0. The molecule has 0 aromatic heterocycles. The Hall–Kier alpha value is -3.51. The smallest absolute Gasteiger partial charge is 0.262 e. The first kappa shape index (κ1) is 25.6. The van der Waals surface area contributed by atoms with Crippen LogP contribution in [0, 0.1) is 0 Å². The normalized spacial score (nSPS) is 14.3. The number of hydrogen-bond acceptors (Lipinski definition) is 4. The highest BCUT2D eigenvalue weighted by Gasteiger charge is 2.22. The van der Waals surface area contributed by atoms with Gasteiger partial charge in [-0.2, -0.15) is 0 Å². The summed E-state index contributed by atoms with van der Waals surface area (Å²) in [7, 11) is 0. The van der Waals surface area contributed by atoms with Gasteiger partial charge in [0.25, 0.3) is 11.8 Å². The zero-order valence-electron chi connectivity index (χ0n) is 20.7. The fourth-order valence-corrected chi connectivity index (χ4v) is 4.30. The number of anilines is 2. The maximum atomic E-state index is 12.7. The van der Waals surface area contributed by atoms with Crippen LogP contribution in [0.3, 0.4) is 0 Å². The molecule has 1 atom stereocenters. The number of hydrogen-bond donors (Lipinski definition) is 1. The number of benzene rings is 3. The number of nitrogens with one attached hydrogen (secondary N) is 1. The Morgan fingerprint density at radius 1 is 0.917 bits per heavy atom. The predicted octanol–water partition coefficient (Wildman–Crippen LogP) is 5.83. The molecule has 36 heavy (non-hydrogen) atoms. The Kier molecular flexibility index (Phi) is 8.49. The zero-order valence-corrected chi connectivity index (χ0v) is 21.5. The van der Waals surface area contributed by atoms with Crippen LogP contribution in [0.5, 0.6) is 5.75 Å². The summed E-state index contributed by atoms with van der Waals surface area (Å²) in [6.45, 7) is 7.10. The molecule has 3 aromatic carbocycles. The lowest BCUT2D eigenvalue weighted by atomic mass is 9.99. The van der Waals surface area contributed by atoms with Gasteiger partial charge in [-0.05, 0) is 78.6 Å². The van der Waals surface area contributed by atoms with E-state index in [1.165, 1.54) is 5.56 Å². The number of amides is 2. The first-order chi connectivity index (χ1) is 17.4. The molecule has 1 aliphatic rings. The van der Waals surface area contributed by atoms with Crippen LogP contribution in [0.2, 0.25) is 5.02 Å². The number of halogens is 1. The molecular weight excluding hydrogens is 474 g/mol. The Bertz CT molecular complexity index is 1160. The van der Waals surface area contributed by atoms with E-state index in [1.54, 1.807) is 24.3 Å². The van der Waals surface area contributed by atoms with Gasteiger partial charge in [-0.15, -0.1) is 0 Å². The molecule has 1 fully saturated rings. The van der Waals surface area contributed by atoms with Gasteiger partial charge >= 0.3 is 0 Å². The van der Waals surface area contributed by atoms with E-state index in [4.69, 9.17) is 16.3 Å². The van der Waals surface area contributed by atoms with Crippen molar-refractivity contribution in [1.82, 2.24) is 4.90 Å². The lowest BCUT2D eigenvalue weighted by molar-refractivity contribution is -0.118. The molecule has 0 spiro atoms. The van der Waals surface area contributed by atoms with E-state index >= 15 is 0 Å². The molecule has 2 amide bonds. The van der Waals surface area contributed by atoms with Crippen molar-refractivity contribution in [2.24, 2.45) is 0 Å². The van der Waals surface area contributed by atoms with Gasteiger partial charge in [-0.3, -0.25) is 9.59 Å². The third kappa shape index (κ3) is 6.58. The topological polar surface area (TPSA) is 61.9 Å². The van der Waals surface area contributed by atoms with Crippen molar-refractivity contribution in [3.63, 3.8) is 0 Å². The molecule has 1 heterocycles. The van der Waals surface area contributed by atoms with Gasteiger partial charge in [0.15, 0.2) is 6.61 Å². The molecule has 0 unspecified atom stereocenters. The summed E-state index contributed by atoms with van der Waals surface area (Å²) in [5.41, 5.74) is 3.70. The predicted molar refractivity (Wildman–Crippen MR) is 145 cm³/mol. The van der Waals surface area contributed by atoms with Crippen LogP contribution >= 0.6 is 11.6 Å². The number of nitrogens with zero attached hydrogens (tertiary/aromatic N) is 2. The van der Waals surface area contributed by atoms with Gasteiger partial charge in [-0.25, -0.2) is 0 Å². The highest BCUT2D eigenvalue weighted by molar-refractivity contribution is 6.30. The average Bonchev–Trinajstić information content (AvgIpc) is 2.92. The van der Waals surface area contributed by atoms with Crippen molar-refractivity contribution in [3.05, 3.63) is 88.9 Å². The van der Waals surface area contributed by atoms with Crippen molar-refractivity contribution in [3.8, 4) is 5.75 Å². The van der Waals surface area contributed by atoms with Crippen LogP contribution in [0.25, 0.3) is 0 Å². The number of rotatable bonds is 8. The van der Waals surface area contributed by atoms with Crippen LogP contribution in [0.4, 0.5) is 11.4 Å². The summed E-state index contributed by atoms with van der Waals surface area (Å²) < 4.78 is 5.64. The number of piperazine rings is 1. The standard InChI is InChI=1S/C29H32ClN3O3/c1-3-21(2)22-6-14-27(15-7-22)36-20-28(34)31-25-10-12-26(13-11-25)32-16-18-33(19-17-32)29(35)23-4-8-24(30)9-5-23/h4-15,21H,3,16-20H2,1-2H3,(H,31,34)/t21-/m0/s1. The van der Waals surface area contributed by atoms with Crippen LogP contribution < -0.4 is 15.0 Å². The first-order valence-electron chi connectivity index (χ1n) is 12.4. The van der Waals surface area contributed by atoms with Crippen molar-refractivity contribution in [2.75, 3.05) is 43.0 Å². The summed E-state index contributed by atoms with van der Waals surface area (Å²) >= 11 is 5.93. The second-order valence-electron chi connectivity index (χ2n) is 9.05. The fourth-order valence-electron chi connectivity index (χ4n) is 4.17.